The molecule has 0 unspecified atom stereocenters. The van der Waals surface area contributed by atoms with E-state index in [2.05, 4.69) is 125 Å². The zero-order valence-electron chi connectivity index (χ0n) is 18.1. The van der Waals surface area contributed by atoms with Crippen LogP contribution in [0.15, 0.2) is 97.1 Å². The van der Waals surface area contributed by atoms with E-state index >= 15 is 0 Å². The first-order chi connectivity index (χ1) is 14.4. The summed E-state index contributed by atoms with van der Waals surface area (Å²) in [7, 11) is 10.0. The van der Waals surface area contributed by atoms with Gasteiger partial charge in [0.2, 0.25) is 0 Å². The fourth-order valence-corrected chi connectivity index (χ4v) is 3.94. The van der Waals surface area contributed by atoms with Crippen LogP contribution in [-0.2, 0) is 17.0 Å². The Balaban J connectivity index is 0.000000226. The quantitative estimate of drug-likeness (QED) is 0.223. The van der Waals surface area contributed by atoms with Crippen LogP contribution in [0.4, 0.5) is 0 Å². The smallest absolute Gasteiger partial charge is 0.0632 e. The number of aryl methyl sites for hydroxylation is 4. The second kappa shape index (κ2) is 16.4. The Hall–Kier alpha value is -1.35. The van der Waals surface area contributed by atoms with Crippen LogP contribution < -0.4 is 10.4 Å². The van der Waals surface area contributed by atoms with E-state index in [1.807, 2.05) is 0 Å². The maximum Gasteiger partial charge on any atom is 0.103 e. The molecule has 157 valence electrons. The minimum atomic E-state index is -0.556. The molecule has 4 heteroatoms. The van der Waals surface area contributed by atoms with Gasteiger partial charge in [0, 0.05) is 0 Å². The van der Waals surface area contributed by atoms with E-state index in [0.717, 1.165) is 0 Å². The second-order valence-electron chi connectivity index (χ2n) is 6.97. The molecule has 4 aromatic carbocycles. The Labute approximate surface area is 201 Å². The van der Waals surface area contributed by atoms with Gasteiger partial charge >= 0.3 is 35.6 Å². The molecule has 0 N–H and O–H groups in total. The average Bonchev–Trinajstić information content (AvgIpc) is 3.31. The van der Waals surface area contributed by atoms with Gasteiger partial charge in [-0.05, 0) is 0 Å². The Bertz CT molecular complexity index is 806. The van der Waals surface area contributed by atoms with Crippen LogP contribution in [-0.4, -0.2) is 9.52 Å². The summed E-state index contributed by atoms with van der Waals surface area (Å²) in [6.07, 6.45) is 0. The molecule has 0 nitrogen and oxygen atoms in total. The first-order valence-electron chi connectivity index (χ1n) is 9.75. The van der Waals surface area contributed by atoms with Gasteiger partial charge in [0.05, 0.1) is 0 Å². The van der Waals surface area contributed by atoms with Crippen molar-refractivity contribution in [1.82, 2.24) is 0 Å². The molecule has 4 aromatic rings. The van der Waals surface area contributed by atoms with Crippen molar-refractivity contribution in [2.24, 2.45) is 0 Å². The van der Waals surface area contributed by atoms with Crippen LogP contribution in [0.2, 0.25) is 0 Å². The van der Waals surface area contributed by atoms with E-state index in [4.69, 9.17) is 18.6 Å². The molecule has 1 radical (unpaired) electrons. The topological polar surface area (TPSA) is 0 Å². The Morgan fingerprint density at radius 2 is 0.967 bits per heavy atom. The van der Waals surface area contributed by atoms with Crippen LogP contribution in [0.1, 0.15) is 22.3 Å². The Morgan fingerprint density at radius 1 is 0.633 bits per heavy atom. The maximum atomic E-state index is 4.89. The van der Waals surface area contributed by atoms with Crippen molar-refractivity contribution in [2.45, 2.75) is 27.7 Å². The summed E-state index contributed by atoms with van der Waals surface area (Å²) in [4.78, 5) is 0. The normalized spacial score (nSPS) is 9.13. The molecule has 0 saturated carbocycles. The maximum absolute atomic E-state index is 4.89. The molecule has 0 fully saturated rings. The van der Waals surface area contributed by atoms with Crippen molar-refractivity contribution in [3.05, 3.63) is 119 Å². The van der Waals surface area contributed by atoms with Crippen molar-refractivity contribution < 1.29 is 17.0 Å². The molecule has 0 saturated heterocycles. The molecular formula is C26H29Cl2SiTi-2. The van der Waals surface area contributed by atoms with Crippen molar-refractivity contribution in [2.75, 3.05) is 0 Å². The van der Waals surface area contributed by atoms with Gasteiger partial charge in [-0.3, -0.25) is 0 Å². The third kappa shape index (κ3) is 13.1. The number of rotatable bonds is 2. The molecule has 0 aliphatic heterocycles. The van der Waals surface area contributed by atoms with Crippen LogP contribution in [0.25, 0.3) is 0 Å². The molecule has 0 aliphatic rings. The minimum absolute atomic E-state index is 0.271. The van der Waals surface area contributed by atoms with E-state index in [9.17, 15) is 0 Å². The van der Waals surface area contributed by atoms with Crippen molar-refractivity contribution in [1.29, 1.82) is 0 Å². The van der Waals surface area contributed by atoms with Gasteiger partial charge in [-0.1, -0.05) is 98.7 Å². The van der Waals surface area contributed by atoms with Gasteiger partial charge < -0.3 is 0 Å². The standard InChI is InChI=1S/C12H11Si.2C7H9.2ClH.Ti/c1-3-7-11(8-4-1)13-12-9-5-2-6-10-12;2*1-6-3-4-7(2)5-6;;;/h1-10,13H;2*3-5H,1-2H3;2*1H;/q;2*-1;;;+2/p-2. The zero-order chi connectivity index (χ0) is 22.2. The predicted octanol–water partition coefficient (Wildman–Crippen LogP) is 6.50. The number of benzene rings is 2. The second-order valence-corrected chi connectivity index (χ2v) is 11.2. The van der Waals surface area contributed by atoms with Crippen molar-refractivity contribution >= 4 is 38.5 Å². The fourth-order valence-electron chi connectivity index (χ4n) is 2.73. The summed E-state index contributed by atoms with van der Waals surface area (Å²) in [5, 5.41) is 2.90. The molecule has 0 aliphatic carbocycles. The summed E-state index contributed by atoms with van der Waals surface area (Å²) < 4.78 is 0. The molecule has 0 amide bonds. The number of hydrogen-bond acceptors (Lipinski definition) is 0. The molecule has 0 atom stereocenters. The summed E-state index contributed by atoms with van der Waals surface area (Å²) in [6, 6.07) is 34.1. The molecule has 0 bridgehead atoms. The fraction of sp³-hybridized carbons (Fsp3) is 0.154. The average molecular weight is 488 g/mol. The zero-order valence-corrected chi connectivity index (χ0v) is 22.3. The molecule has 4 rings (SSSR count). The van der Waals surface area contributed by atoms with Crippen molar-refractivity contribution in [3.8, 4) is 0 Å². The summed E-state index contributed by atoms with van der Waals surface area (Å²) in [6.45, 7) is 8.42. The minimum Gasteiger partial charge on any atom is -0.0632 e. The first-order valence-corrected chi connectivity index (χ1v) is 15.2. The third-order valence-corrected chi connectivity index (χ3v) is 5.50. The number of hydrogen-bond donors (Lipinski definition) is 0. The Morgan fingerprint density at radius 3 is 1.17 bits per heavy atom. The van der Waals surface area contributed by atoms with Gasteiger partial charge in [-0.25, -0.2) is 23.3 Å². The van der Waals surface area contributed by atoms with Gasteiger partial charge in [-0.2, -0.15) is 35.4 Å². The van der Waals surface area contributed by atoms with E-state index in [0.29, 0.717) is 0 Å². The van der Waals surface area contributed by atoms with E-state index < -0.39 is 17.0 Å². The van der Waals surface area contributed by atoms with E-state index in [1.165, 1.54) is 32.6 Å². The van der Waals surface area contributed by atoms with Crippen LogP contribution in [0, 0.1) is 27.7 Å². The monoisotopic (exact) mass is 487 g/mol. The molecular weight excluding hydrogens is 459 g/mol. The van der Waals surface area contributed by atoms with Gasteiger partial charge in [0.15, 0.2) is 0 Å². The molecule has 0 aromatic heterocycles. The SMILES string of the molecule is Cc1c[cH-]c(C)c1.Cc1c[cH-]c(C)c1.[Cl][Ti][Cl].c1ccc([SiH]c2ccccc2)cc1. The van der Waals surface area contributed by atoms with Gasteiger partial charge in [0.25, 0.3) is 0 Å². The van der Waals surface area contributed by atoms with Crippen LogP contribution >= 0.6 is 18.6 Å². The van der Waals surface area contributed by atoms with Gasteiger partial charge in [0.1, 0.15) is 9.52 Å². The van der Waals surface area contributed by atoms with Gasteiger partial charge in [-0.15, -0.1) is 0 Å². The molecule has 0 heterocycles. The largest absolute Gasteiger partial charge is 0.103 e. The molecule has 0 spiro atoms. The molecule has 30 heavy (non-hydrogen) atoms. The number of halogens is 2. The summed E-state index contributed by atoms with van der Waals surface area (Å²) >= 11 is -0.556. The summed E-state index contributed by atoms with van der Waals surface area (Å²) in [5.74, 6) is 0. The van der Waals surface area contributed by atoms with E-state index in [1.54, 1.807) is 0 Å². The van der Waals surface area contributed by atoms with Crippen LogP contribution in [0.5, 0.6) is 0 Å². The predicted molar refractivity (Wildman–Crippen MR) is 134 cm³/mol. The first kappa shape index (κ1) is 26.7. The van der Waals surface area contributed by atoms with Crippen molar-refractivity contribution in [3.63, 3.8) is 0 Å². The van der Waals surface area contributed by atoms with Crippen LogP contribution in [0.3, 0.4) is 0 Å². The third-order valence-electron chi connectivity index (χ3n) is 4.06. The van der Waals surface area contributed by atoms with E-state index in [-0.39, 0.29) is 9.52 Å². The summed E-state index contributed by atoms with van der Waals surface area (Å²) in [5.41, 5.74) is 5.44. The Kier molecular flexibility index (Phi) is 14.6.